The van der Waals surface area contributed by atoms with Crippen LogP contribution in [-0.2, 0) is 0 Å². The van der Waals surface area contributed by atoms with E-state index < -0.39 is 0 Å². The summed E-state index contributed by atoms with van der Waals surface area (Å²) < 4.78 is 0.980. The molecule has 0 spiro atoms. The van der Waals surface area contributed by atoms with Crippen LogP contribution in [0.3, 0.4) is 0 Å². The number of anilines is 2. The van der Waals surface area contributed by atoms with E-state index >= 15 is 0 Å². The smallest absolute Gasteiger partial charge is 0.224 e. The van der Waals surface area contributed by atoms with Crippen LogP contribution < -0.4 is 10.2 Å². The number of hydrogen-bond donors (Lipinski definition) is 1. The Labute approximate surface area is 105 Å². The Balaban J connectivity index is 2.22. The van der Waals surface area contributed by atoms with Crippen LogP contribution in [0.15, 0.2) is 10.7 Å². The van der Waals surface area contributed by atoms with E-state index in [1.165, 1.54) is 25.7 Å². The van der Waals surface area contributed by atoms with Gasteiger partial charge in [0.1, 0.15) is 5.82 Å². The highest BCUT2D eigenvalue weighted by Crippen LogP contribution is 2.26. The minimum Gasteiger partial charge on any atom is -0.357 e. The van der Waals surface area contributed by atoms with E-state index in [9.17, 15) is 0 Å². The summed E-state index contributed by atoms with van der Waals surface area (Å²) in [5, 5.41) is 2.98. The summed E-state index contributed by atoms with van der Waals surface area (Å²) in [4.78, 5) is 11.0. The van der Waals surface area contributed by atoms with E-state index in [1.54, 1.807) is 0 Å². The van der Waals surface area contributed by atoms with Gasteiger partial charge in [-0.15, -0.1) is 0 Å². The number of nitrogens with zero attached hydrogens (tertiary/aromatic N) is 3. The maximum Gasteiger partial charge on any atom is 0.224 e. The van der Waals surface area contributed by atoms with E-state index in [4.69, 9.17) is 0 Å². The Morgan fingerprint density at radius 3 is 2.56 bits per heavy atom. The molecule has 16 heavy (non-hydrogen) atoms. The molecule has 0 radical (unpaired) electrons. The molecule has 1 aromatic rings. The molecule has 1 saturated heterocycles. The lowest BCUT2D eigenvalue weighted by atomic mass is 10.2. The maximum atomic E-state index is 4.51. The molecule has 88 valence electrons. The van der Waals surface area contributed by atoms with Crippen molar-refractivity contribution in [3.63, 3.8) is 0 Å². The molecule has 0 aromatic carbocycles. The highest BCUT2D eigenvalue weighted by Gasteiger charge is 2.14. The Morgan fingerprint density at radius 1 is 1.25 bits per heavy atom. The van der Waals surface area contributed by atoms with Gasteiger partial charge in [0.2, 0.25) is 5.95 Å². The second-order valence-electron chi connectivity index (χ2n) is 4.02. The molecule has 0 amide bonds. The van der Waals surface area contributed by atoms with Gasteiger partial charge < -0.3 is 10.2 Å². The third-order valence-corrected chi connectivity index (χ3v) is 3.41. The van der Waals surface area contributed by atoms with Crippen LogP contribution in [0.25, 0.3) is 0 Å². The number of nitrogens with one attached hydrogen (secondary N) is 1. The van der Waals surface area contributed by atoms with Crippen molar-refractivity contribution in [2.24, 2.45) is 0 Å². The molecule has 1 aliphatic heterocycles. The minimum absolute atomic E-state index is 0.683. The van der Waals surface area contributed by atoms with Crippen LogP contribution in [0.4, 0.5) is 11.8 Å². The normalized spacial score (nSPS) is 17.0. The molecular weight excluding hydrogens is 268 g/mol. The van der Waals surface area contributed by atoms with E-state index in [-0.39, 0.29) is 0 Å². The van der Waals surface area contributed by atoms with Crippen molar-refractivity contribution in [3.8, 4) is 0 Å². The zero-order valence-corrected chi connectivity index (χ0v) is 11.1. The van der Waals surface area contributed by atoms with Crippen LogP contribution >= 0.6 is 15.9 Å². The summed E-state index contributed by atoms with van der Waals surface area (Å²) in [7, 11) is 1.84. The Kier molecular flexibility index (Phi) is 3.98. The van der Waals surface area contributed by atoms with Crippen molar-refractivity contribution in [2.45, 2.75) is 25.7 Å². The van der Waals surface area contributed by atoms with Crippen LogP contribution in [-0.4, -0.2) is 30.1 Å². The highest BCUT2D eigenvalue weighted by atomic mass is 79.9. The second-order valence-corrected chi connectivity index (χ2v) is 4.87. The standard InChI is InChI=1S/C11H17BrN4/c1-13-11-14-8-9(12)10(15-11)16-6-4-2-3-5-7-16/h8H,2-7H2,1H3,(H,13,14,15). The first-order valence-corrected chi connectivity index (χ1v) is 6.56. The van der Waals surface area contributed by atoms with E-state index in [0.717, 1.165) is 23.4 Å². The monoisotopic (exact) mass is 284 g/mol. The molecule has 2 heterocycles. The first kappa shape index (κ1) is 11.6. The first-order valence-electron chi connectivity index (χ1n) is 5.76. The second kappa shape index (κ2) is 5.48. The van der Waals surface area contributed by atoms with Crippen molar-refractivity contribution < 1.29 is 0 Å². The molecule has 0 saturated carbocycles. The van der Waals surface area contributed by atoms with Crippen molar-refractivity contribution in [3.05, 3.63) is 10.7 Å². The number of aromatic nitrogens is 2. The van der Waals surface area contributed by atoms with Crippen LogP contribution in [0.2, 0.25) is 0 Å². The third-order valence-electron chi connectivity index (χ3n) is 2.85. The van der Waals surface area contributed by atoms with Gasteiger partial charge in [-0.3, -0.25) is 0 Å². The Hall–Kier alpha value is -0.840. The van der Waals surface area contributed by atoms with E-state index in [0.29, 0.717) is 5.95 Å². The largest absolute Gasteiger partial charge is 0.357 e. The zero-order chi connectivity index (χ0) is 11.4. The molecule has 1 fully saturated rings. The van der Waals surface area contributed by atoms with E-state index in [1.807, 2.05) is 13.2 Å². The molecule has 1 N–H and O–H groups in total. The predicted molar refractivity (Wildman–Crippen MR) is 70.0 cm³/mol. The Morgan fingerprint density at radius 2 is 1.94 bits per heavy atom. The van der Waals surface area contributed by atoms with Gasteiger partial charge in [-0.1, -0.05) is 12.8 Å². The SMILES string of the molecule is CNc1ncc(Br)c(N2CCCCCC2)n1. The predicted octanol–water partition coefficient (Wildman–Crippen LogP) is 2.66. The molecule has 4 nitrogen and oxygen atoms in total. The molecule has 0 bridgehead atoms. The summed E-state index contributed by atoms with van der Waals surface area (Å²) in [5.41, 5.74) is 0. The van der Waals surface area contributed by atoms with E-state index in [2.05, 4.69) is 36.1 Å². The summed E-state index contributed by atoms with van der Waals surface area (Å²) in [5.74, 6) is 1.70. The van der Waals surface area contributed by atoms with Gasteiger partial charge in [-0.25, -0.2) is 4.98 Å². The lowest BCUT2D eigenvalue weighted by Gasteiger charge is -2.22. The molecular formula is C11H17BrN4. The van der Waals surface area contributed by atoms with Crippen molar-refractivity contribution in [2.75, 3.05) is 30.4 Å². The van der Waals surface area contributed by atoms with Crippen LogP contribution in [0.5, 0.6) is 0 Å². The fourth-order valence-electron chi connectivity index (χ4n) is 1.98. The molecule has 0 unspecified atom stereocenters. The molecule has 0 aliphatic carbocycles. The van der Waals surface area contributed by atoms with Crippen molar-refractivity contribution in [1.29, 1.82) is 0 Å². The van der Waals surface area contributed by atoms with Gasteiger partial charge in [0.05, 0.1) is 4.47 Å². The quantitative estimate of drug-likeness (QED) is 0.907. The van der Waals surface area contributed by atoms with Gasteiger partial charge in [0.15, 0.2) is 0 Å². The molecule has 1 aromatic heterocycles. The number of rotatable bonds is 2. The van der Waals surface area contributed by atoms with Gasteiger partial charge in [-0.05, 0) is 28.8 Å². The van der Waals surface area contributed by atoms with Crippen molar-refractivity contribution in [1.82, 2.24) is 9.97 Å². The lowest BCUT2D eigenvalue weighted by molar-refractivity contribution is 0.726. The number of hydrogen-bond acceptors (Lipinski definition) is 4. The third kappa shape index (κ3) is 2.64. The molecule has 1 aliphatic rings. The highest BCUT2D eigenvalue weighted by molar-refractivity contribution is 9.10. The molecule has 0 atom stereocenters. The van der Waals surface area contributed by atoms with Gasteiger partial charge in [0.25, 0.3) is 0 Å². The summed E-state index contributed by atoms with van der Waals surface area (Å²) in [6.07, 6.45) is 6.99. The summed E-state index contributed by atoms with van der Waals surface area (Å²) in [6.45, 7) is 2.19. The lowest BCUT2D eigenvalue weighted by Crippen LogP contribution is -2.25. The summed E-state index contributed by atoms with van der Waals surface area (Å²) >= 11 is 3.53. The average molecular weight is 285 g/mol. The average Bonchev–Trinajstić information content (AvgIpc) is 2.58. The zero-order valence-electron chi connectivity index (χ0n) is 9.54. The number of halogens is 1. The minimum atomic E-state index is 0.683. The molecule has 5 heteroatoms. The van der Waals surface area contributed by atoms with Crippen LogP contribution in [0, 0.1) is 0 Å². The van der Waals surface area contributed by atoms with Crippen molar-refractivity contribution >= 4 is 27.7 Å². The van der Waals surface area contributed by atoms with Gasteiger partial charge >= 0.3 is 0 Å². The summed E-state index contributed by atoms with van der Waals surface area (Å²) in [6, 6.07) is 0. The fraction of sp³-hybridized carbons (Fsp3) is 0.636. The fourth-order valence-corrected chi connectivity index (χ4v) is 2.42. The Bertz CT molecular complexity index is 348. The molecule has 2 rings (SSSR count). The van der Waals surface area contributed by atoms with Gasteiger partial charge in [-0.2, -0.15) is 4.98 Å². The van der Waals surface area contributed by atoms with Crippen LogP contribution in [0.1, 0.15) is 25.7 Å². The first-order chi connectivity index (χ1) is 7.81. The van der Waals surface area contributed by atoms with Gasteiger partial charge in [0, 0.05) is 26.3 Å². The topological polar surface area (TPSA) is 41.1 Å². The maximum absolute atomic E-state index is 4.51.